The van der Waals surface area contributed by atoms with Crippen LogP contribution in [0.3, 0.4) is 0 Å². The van der Waals surface area contributed by atoms with Crippen LogP contribution in [-0.2, 0) is 11.2 Å². The lowest BCUT2D eigenvalue weighted by Gasteiger charge is -2.20. The minimum absolute atomic E-state index is 0.0726. The van der Waals surface area contributed by atoms with Gasteiger partial charge < -0.3 is 15.5 Å². The number of hydrogen-bond acceptors (Lipinski definition) is 5. The summed E-state index contributed by atoms with van der Waals surface area (Å²) in [7, 11) is 1.95. The summed E-state index contributed by atoms with van der Waals surface area (Å²) in [5.74, 6) is 1.46. The zero-order chi connectivity index (χ0) is 18.8. The van der Waals surface area contributed by atoms with E-state index in [1.807, 2.05) is 67.5 Å². The van der Waals surface area contributed by atoms with E-state index >= 15 is 0 Å². The molecule has 3 aromatic rings. The average Bonchev–Trinajstić information content (AvgIpc) is 2.70. The van der Waals surface area contributed by atoms with Gasteiger partial charge in [-0.15, -0.1) is 0 Å². The van der Waals surface area contributed by atoms with Gasteiger partial charge in [0.2, 0.25) is 11.9 Å². The number of amides is 1. The van der Waals surface area contributed by atoms with Gasteiger partial charge in [-0.2, -0.15) is 4.98 Å². The topological polar surface area (TPSA) is 70.2 Å². The first-order chi connectivity index (χ1) is 13.1. The van der Waals surface area contributed by atoms with Crippen molar-refractivity contribution in [3.63, 3.8) is 0 Å². The van der Waals surface area contributed by atoms with E-state index in [0.29, 0.717) is 12.4 Å². The van der Waals surface area contributed by atoms with Gasteiger partial charge in [0.15, 0.2) is 0 Å². The molecule has 1 aliphatic heterocycles. The van der Waals surface area contributed by atoms with Crippen LogP contribution in [0.5, 0.6) is 0 Å². The van der Waals surface area contributed by atoms with E-state index in [-0.39, 0.29) is 5.91 Å². The minimum atomic E-state index is 0.0726. The first-order valence-electron chi connectivity index (χ1n) is 8.92. The Labute approximate surface area is 158 Å². The molecule has 0 aliphatic carbocycles. The molecule has 0 bridgehead atoms. The normalized spacial score (nSPS) is 12.9. The van der Waals surface area contributed by atoms with Gasteiger partial charge in [0.1, 0.15) is 5.82 Å². The quantitative estimate of drug-likeness (QED) is 0.731. The van der Waals surface area contributed by atoms with Crippen LogP contribution in [0.4, 0.5) is 28.8 Å². The number of carbonyl (C=O) groups excluding carboxylic acids is 1. The number of carbonyl (C=O) groups is 1. The Hall–Kier alpha value is -3.41. The second-order valence-electron chi connectivity index (χ2n) is 6.64. The van der Waals surface area contributed by atoms with Crippen molar-refractivity contribution in [3.8, 4) is 0 Å². The Morgan fingerprint density at radius 3 is 2.74 bits per heavy atom. The highest BCUT2D eigenvalue weighted by molar-refractivity contribution is 5.94. The molecule has 1 amide bonds. The average molecular weight is 359 g/mol. The molecule has 6 heteroatoms. The monoisotopic (exact) mass is 359 g/mol. The summed E-state index contributed by atoms with van der Waals surface area (Å²) in [4.78, 5) is 22.6. The summed E-state index contributed by atoms with van der Waals surface area (Å²) in [5.41, 5.74) is 4.96. The summed E-state index contributed by atoms with van der Waals surface area (Å²) in [5, 5.41) is 6.30. The molecule has 0 radical (unpaired) electrons. The smallest absolute Gasteiger partial charge is 0.231 e. The van der Waals surface area contributed by atoms with Gasteiger partial charge >= 0.3 is 0 Å². The SMILES string of the molecule is Cc1cnc(N(C)c2ccccc2)nc1Nc1ccc2c(c1)CCC(=O)N2. The molecule has 27 heavy (non-hydrogen) atoms. The van der Waals surface area contributed by atoms with Gasteiger partial charge in [-0.1, -0.05) is 18.2 Å². The number of nitrogens with zero attached hydrogens (tertiary/aromatic N) is 3. The Bertz CT molecular complexity index is 987. The van der Waals surface area contributed by atoms with Crippen LogP contribution in [0.1, 0.15) is 17.5 Å². The van der Waals surface area contributed by atoms with Crippen molar-refractivity contribution in [2.45, 2.75) is 19.8 Å². The molecule has 0 atom stereocenters. The fourth-order valence-electron chi connectivity index (χ4n) is 3.09. The van der Waals surface area contributed by atoms with Crippen LogP contribution in [0.25, 0.3) is 0 Å². The number of aryl methyl sites for hydroxylation is 2. The number of para-hydroxylation sites is 1. The van der Waals surface area contributed by atoms with Crippen LogP contribution in [0.2, 0.25) is 0 Å². The van der Waals surface area contributed by atoms with Gasteiger partial charge in [0.05, 0.1) is 0 Å². The van der Waals surface area contributed by atoms with Gasteiger partial charge in [-0.05, 0) is 49.2 Å². The first kappa shape index (κ1) is 17.0. The maximum absolute atomic E-state index is 11.5. The van der Waals surface area contributed by atoms with E-state index in [0.717, 1.165) is 40.4 Å². The number of anilines is 5. The largest absolute Gasteiger partial charge is 0.340 e. The van der Waals surface area contributed by atoms with E-state index in [9.17, 15) is 4.79 Å². The number of nitrogens with one attached hydrogen (secondary N) is 2. The lowest BCUT2D eigenvalue weighted by Crippen LogP contribution is -2.19. The molecule has 4 rings (SSSR count). The molecule has 2 aromatic carbocycles. The third kappa shape index (κ3) is 3.60. The van der Waals surface area contributed by atoms with Crippen LogP contribution >= 0.6 is 0 Å². The minimum Gasteiger partial charge on any atom is -0.340 e. The summed E-state index contributed by atoms with van der Waals surface area (Å²) in [6.07, 6.45) is 3.10. The zero-order valence-electron chi connectivity index (χ0n) is 15.4. The Morgan fingerprint density at radius 2 is 1.93 bits per heavy atom. The van der Waals surface area contributed by atoms with Crippen molar-refractivity contribution < 1.29 is 4.79 Å². The first-order valence-corrected chi connectivity index (χ1v) is 8.92. The third-order valence-corrected chi connectivity index (χ3v) is 4.67. The van der Waals surface area contributed by atoms with E-state index in [4.69, 9.17) is 4.98 Å². The van der Waals surface area contributed by atoms with Crippen LogP contribution in [-0.4, -0.2) is 22.9 Å². The Morgan fingerprint density at radius 1 is 1.11 bits per heavy atom. The summed E-state index contributed by atoms with van der Waals surface area (Å²) < 4.78 is 0. The standard InChI is InChI=1S/C21H21N5O/c1-14-13-22-21(26(2)17-6-4-3-5-7-17)25-20(14)23-16-9-10-18-15(12-16)8-11-19(27)24-18/h3-7,9-10,12-13H,8,11H2,1-2H3,(H,24,27)(H,22,23,25). The third-order valence-electron chi connectivity index (χ3n) is 4.67. The fraction of sp³-hybridized carbons (Fsp3) is 0.190. The molecular weight excluding hydrogens is 338 g/mol. The van der Waals surface area contributed by atoms with E-state index in [1.54, 1.807) is 0 Å². The molecule has 6 nitrogen and oxygen atoms in total. The maximum atomic E-state index is 11.5. The summed E-state index contributed by atoms with van der Waals surface area (Å²) >= 11 is 0. The molecule has 0 unspecified atom stereocenters. The van der Waals surface area contributed by atoms with E-state index < -0.39 is 0 Å². The number of aromatic nitrogens is 2. The number of benzene rings is 2. The Kier molecular flexibility index (Phi) is 4.46. The number of hydrogen-bond donors (Lipinski definition) is 2. The molecule has 2 heterocycles. The maximum Gasteiger partial charge on any atom is 0.231 e. The Balaban J connectivity index is 1.60. The van der Waals surface area contributed by atoms with E-state index in [2.05, 4.69) is 21.7 Å². The molecular formula is C21H21N5O. The van der Waals surface area contributed by atoms with Crippen molar-refractivity contribution >= 4 is 34.7 Å². The predicted octanol–water partition coefficient (Wildman–Crippen LogP) is 4.18. The predicted molar refractivity (Wildman–Crippen MR) is 108 cm³/mol. The highest BCUT2D eigenvalue weighted by Crippen LogP contribution is 2.28. The molecule has 0 spiro atoms. The van der Waals surface area contributed by atoms with Crippen molar-refractivity contribution in [3.05, 3.63) is 65.9 Å². The second kappa shape index (κ2) is 7.07. The number of rotatable bonds is 4. The van der Waals surface area contributed by atoms with Crippen molar-refractivity contribution in [1.82, 2.24) is 9.97 Å². The fourth-order valence-corrected chi connectivity index (χ4v) is 3.09. The van der Waals surface area contributed by atoms with Crippen LogP contribution in [0.15, 0.2) is 54.7 Å². The van der Waals surface area contributed by atoms with Crippen molar-refractivity contribution in [1.29, 1.82) is 0 Å². The molecule has 1 aliphatic rings. The van der Waals surface area contributed by atoms with Crippen LogP contribution in [0, 0.1) is 6.92 Å². The lowest BCUT2D eigenvalue weighted by molar-refractivity contribution is -0.116. The number of fused-ring (bicyclic) bond motifs is 1. The van der Waals surface area contributed by atoms with Gasteiger partial charge in [-0.25, -0.2) is 4.98 Å². The highest BCUT2D eigenvalue weighted by Gasteiger charge is 2.15. The summed E-state index contributed by atoms with van der Waals surface area (Å²) in [6.45, 7) is 1.98. The van der Waals surface area contributed by atoms with Crippen LogP contribution < -0.4 is 15.5 Å². The van der Waals surface area contributed by atoms with Gasteiger partial charge in [0.25, 0.3) is 0 Å². The molecule has 136 valence electrons. The molecule has 0 fully saturated rings. The van der Waals surface area contributed by atoms with Gasteiger partial charge in [-0.3, -0.25) is 4.79 Å². The molecule has 0 saturated carbocycles. The highest BCUT2D eigenvalue weighted by atomic mass is 16.1. The lowest BCUT2D eigenvalue weighted by atomic mass is 10.0. The molecule has 2 N–H and O–H groups in total. The van der Waals surface area contributed by atoms with Crippen molar-refractivity contribution in [2.75, 3.05) is 22.6 Å². The molecule has 1 aromatic heterocycles. The van der Waals surface area contributed by atoms with Crippen molar-refractivity contribution in [2.24, 2.45) is 0 Å². The zero-order valence-corrected chi connectivity index (χ0v) is 15.4. The second-order valence-corrected chi connectivity index (χ2v) is 6.64. The summed E-state index contributed by atoms with van der Waals surface area (Å²) in [6, 6.07) is 16.0. The van der Waals surface area contributed by atoms with Gasteiger partial charge in [0, 0.05) is 42.3 Å². The molecule has 0 saturated heterocycles. The van der Waals surface area contributed by atoms with E-state index in [1.165, 1.54) is 0 Å².